The Morgan fingerprint density at radius 3 is 1.26 bits per heavy atom. The van der Waals surface area contributed by atoms with Gasteiger partial charge in [-0.05, 0) is 79.4 Å². The van der Waals surface area contributed by atoms with E-state index in [0.29, 0.717) is 0 Å². The monoisotopic (exact) mass is 924 g/mol. The van der Waals surface area contributed by atoms with E-state index in [-0.39, 0.29) is 60.5 Å². The molecule has 2 heterocycles. The number of nitrogens with zero attached hydrogens (tertiary/aromatic N) is 2. The number of amides is 2. The largest absolute Gasteiger partial charge is 0.484 e. The number of carbonyl (C=O) groups excluding carboxylic acids is 5. The van der Waals surface area contributed by atoms with Gasteiger partial charge in [0.25, 0.3) is 11.8 Å². The minimum atomic E-state index is -3.01. The van der Waals surface area contributed by atoms with E-state index in [2.05, 4.69) is 20.6 Å². The maximum absolute atomic E-state index is 15.3. The molecule has 0 aliphatic carbocycles. The average Bonchev–Trinajstić information content (AvgIpc) is 3.79. The zero-order valence-corrected chi connectivity index (χ0v) is 37.6. The van der Waals surface area contributed by atoms with E-state index in [9.17, 15) is 39.0 Å². The maximum atomic E-state index is 15.3. The van der Waals surface area contributed by atoms with Crippen molar-refractivity contribution in [3.63, 3.8) is 0 Å². The van der Waals surface area contributed by atoms with Crippen molar-refractivity contribution in [2.45, 2.75) is 126 Å². The van der Waals surface area contributed by atoms with Crippen LogP contribution in [0.1, 0.15) is 90.2 Å². The number of fused-ring (bicyclic) bond motifs is 2. The van der Waals surface area contributed by atoms with E-state index in [1.165, 1.54) is 24.3 Å². The van der Waals surface area contributed by atoms with Crippen LogP contribution in [-0.4, -0.2) is 123 Å². The summed E-state index contributed by atoms with van der Waals surface area (Å²) in [5, 5.41) is 26.1. The Labute approximate surface area is 380 Å². The third kappa shape index (κ3) is 12.2. The predicted molar refractivity (Wildman–Crippen MR) is 237 cm³/mol. The van der Waals surface area contributed by atoms with E-state index in [4.69, 9.17) is 53.3 Å². The molecule has 6 unspecified atom stereocenters. The molecule has 23 heteroatoms. The van der Waals surface area contributed by atoms with Crippen molar-refractivity contribution < 1.29 is 62.7 Å². The van der Waals surface area contributed by atoms with E-state index in [1.807, 2.05) is 0 Å². The van der Waals surface area contributed by atoms with Crippen LogP contribution < -0.4 is 54.5 Å². The summed E-state index contributed by atoms with van der Waals surface area (Å²) in [6.45, 7) is 9.12. The highest BCUT2D eigenvalue weighted by atomic mass is 16.6. The summed E-state index contributed by atoms with van der Waals surface area (Å²) in [5.41, 5.74) is 27.9. The molecule has 0 radical (unpaired) electrons. The lowest BCUT2D eigenvalue weighted by molar-refractivity contribution is -0.176. The van der Waals surface area contributed by atoms with Crippen molar-refractivity contribution in [3.05, 3.63) is 59.7 Å². The quantitative estimate of drug-likeness (QED) is 0.0249. The fourth-order valence-corrected chi connectivity index (χ4v) is 7.50. The number of hydrogen-bond acceptors (Lipinski definition) is 15. The van der Waals surface area contributed by atoms with Crippen LogP contribution in [-0.2, 0) is 43.0 Å². The first-order chi connectivity index (χ1) is 30.6. The fourth-order valence-electron chi connectivity index (χ4n) is 7.50. The number of aliphatic imine (C=N–C) groups is 2. The fraction of sp³-hybridized carbons (Fsp3) is 0.512. The molecule has 360 valence electrons. The predicted octanol–water partition coefficient (Wildman–Crippen LogP) is -1.03. The topological polar surface area (TPSA) is 402 Å². The van der Waals surface area contributed by atoms with Crippen molar-refractivity contribution in [2.75, 3.05) is 13.1 Å². The molecule has 2 aliphatic heterocycles. The Morgan fingerprint density at radius 2 is 0.955 bits per heavy atom. The lowest BCUT2D eigenvalue weighted by atomic mass is 9.76. The molecule has 2 amide bonds. The summed E-state index contributed by atoms with van der Waals surface area (Å²) in [6.07, 6.45) is -9.64. The number of aliphatic carboxylic acids is 2. The Bertz CT molecular complexity index is 2100. The van der Waals surface area contributed by atoms with Gasteiger partial charge in [0, 0.05) is 35.3 Å². The number of hydrogen-bond donors (Lipinski definition) is 10. The number of carboxylic acid groups (broad SMARTS) is 2. The molecule has 2 aliphatic rings. The van der Waals surface area contributed by atoms with Gasteiger partial charge in [-0.3, -0.25) is 34.0 Å². The van der Waals surface area contributed by atoms with Gasteiger partial charge in [-0.15, -0.1) is 0 Å². The van der Waals surface area contributed by atoms with Crippen molar-refractivity contribution >= 4 is 53.4 Å². The van der Waals surface area contributed by atoms with E-state index >= 15 is 4.79 Å². The number of ether oxygens (including phenoxy) is 4. The second-order valence-corrected chi connectivity index (χ2v) is 18.1. The first-order valence-electron chi connectivity index (χ1n) is 20.9. The zero-order chi connectivity index (χ0) is 49.5. The zero-order valence-electron chi connectivity index (χ0n) is 37.6. The van der Waals surface area contributed by atoms with Crippen LogP contribution in [0.25, 0.3) is 0 Å². The molecule has 0 saturated heterocycles. The number of nitrogens with one attached hydrogen (secondary N) is 2. The molecule has 0 spiro atoms. The molecule has 4 rings (SSSR count). The molecule has 0 bridgehead atoms. The van der Waals surface area contributed by atoms with Gasteiger partial charge in [-0.25, -0.2) is 9.59 Å². The molecule has 2 aromatic carbocycles. The molecule has 0 saturated carbocycles. The van der Waals surface area contributed by atoms with E-state index in [0.717, 1.165) is 0 Å². The Balaban J connectivity index is 1.87. The van der Waals surface area contributed by atoms with Crippen LogP contribution in [0.15, 0.2) is 58.5 Å². The van der Waals surface area contributed by atoms with Crippen molar-refractivity contribution in [1.29, 1.82) is 0 Å². The number of guanidine groups is 2. The number of carboxylic acids is 2. The highest BCUT2D eigenvalue weighted by molar-refractivity contribution is 6.21. The van der Waals surface area contributed by atoms with Gasteiger partial charge in [0.05, 0.1) is 0 Å². The van der Waals surface area contributed by atoms with Gasteiger partial charge in [-0.2, -0.15) is 0 Å². The second kappa shape index (κ2) is 20.4. The van der Waals surface area contributed by atoms with Gasteiger partial charge in [0.2, 0.25) is 12.2 Å². The summed E-state index contributed by atoms with van der Waals surface area (Å²) in [7, 11) is 0. The van der Waals surface area contributed by atoms with Gasteiger partial charge in [0.15, 0.2) is 41.0 Å². The van der Waals surface area contributed by atoms with Gasteiger partial charge in [-0.1, -0.05) is 36.4 Å². The minimum Gasteiger partial charge on any atom is -0.484 e. The Kier molecular flexibility index (Phi) is 16.0. The summed E-state index contributed by atoms with van der Waals surface area (Å²) in [4.78, 5) is 106. The van der Waals surface area contributed by atoms with Crippen LogP contribution in [0.4, 0.5) is 0 Å². The summed E-state index contributed by atoms with van der Waals surface area (Å²) >= 11 is 0. The molecule has 2 aromatic rings. The number of esters is 2. The van der Waals surface area contributed by atoms with Crippen LogP contribution >= 0.6 is 0 Å². The molecule has 23 nitrogen and oxygen atoms in total. The van der Waals surface area contributed by atoms with Gasteiger partial charge < -0.3 is 74.2 Å². The summed E-state index contributed by atoms with van der Waals surface area (Å²) in [6, 6.07) is 12.0. The highest BCUT2D eigenvalue weighted by Gasteiger charge is 2.59. The van der Waals surface area contributed by atoms with Gasteiger partial charge in [0.1, 0.15) is 23.3 Å². The highest BCUT2D eigenvalue weighted by Crippen LogP contribution is 2.42. The summed E-state index contributed by atoms with van der Waals surface area (Å²) < 4.78 is 23.5. The number of rotatable bonds is 20. The first kappa shape index (κ1) is 51.6. The Hall–Kier alpha value is -7.01. The van der Waals surface area contributed by atoms with E-state index < -0.39 is 113 Å². The smallest absolute Gasteiger partial charge is 0.334 e. The lowest BCUT2D eigenvalue weighted by Crippen LogP contribution is -2.70. The molecule has 16 N–H and O–H groups in total. The van der Waals surface area contributed by atoms with Crippen LogP contribution in [0.2, 0.25) is 0 Å². The number of para-hydroxylation sites is 2. The molecule has 0 aromatic heterocycles. The maximum Gasteiger partial charge on any atom is 0.334 e. The summed E-state index contributed by atoms with van der Waals surface area (Å²) in [5.74, 6) is -13.6. The third-order valence-corrected chi connectivity index (χ3v) is 10.4. The van der Waals surface area contributed by atoms with Crippen LogP contribution in [0.5, 0.6) is 11.5 Å². The van der Waals surface area contributed by atoms with Crippen molar-refractivity contribution in [3.8, 4) is 11.5 Å². The molecular weight excluding hydrogens is 865 g/mol. The molecule has 8 atom stereocenters. The SMILES string of the molecule is CC(C)(C)NC(=O)C(OC(=O)[C@@](N)(CCCN=C(N)N)C(=O)[C@](N)(CCCN=C(N)N)C(=O)OC(C(=O)NC(C)(C)C)C1Oc2ccccc2C1C(=O)O)C1Oc2ccccc2C1C(=O)O. The molecule has 66 heavy (non-hydrogen) atoms. The standard InChI is InChI=1S/C43H60N10O13/c1-40(2,3)52-31(54)29(27-25(33(56)57)21-13-7-9-15-23(21)63-27)65-36(61)42(48,17-11-19-50-38(44)45)35(60)43(49,18-12-20-51-39(46)47)37(62)66-30(32(55)53-41(4,5)6)28-26(34(58)59)22-14-8-10-16-24(22)64-28/h7-10,13-16,25-30H,11-12,17-20,48-49H2,1-6H3,(H,52,54)(H,53,55)(H,56,57)(H,58,59)(H4,44,45,50)(H4,46,47,51)/t25?,26?,27?,28?,29?,30?,42-,43-/m1/s1. The van der Waals surface area contributed by atoms with Crippen molar-refractivity contribution in [2.24, 2.45) is 44.4 Å². The number of nitrogens with two attached hydrogens (primary N) is 6. The number of ketones is 1. The minimum absolute atomic E-state index is 0.0702. The normalized spacial score (nSPS) is 20.1. The van der Waals surface area contributed by atoms with E-state index in [1.54, 1.807) is 65.8 Å². The number of benzene rings is 2. The number of carbonyl (C=O) groups is 7. The molecule has 0 fully saturated rings. The second-order valence-electron chi connectivity index (χ2n) is 18.1. The first-order valence-corrected chi connectivity index (χ1v) is 20.9. The average molecular weight is 925 g/mol. The Morgan fingerprint density at radius 1 is 0.621 bits per heavy atom. The van der Waals surface area contributed by atoms with Crippen LogP contribution in [0, 0.1) is 0 Å². The number of Topliss-reactive ketones (excluding diaryl/α,β-unsaturated/α-hetero) is 1. The van der Waals surface area contributed by atoms with Crippen molar-refractivity contribution in [1.82, 2.24) is 10.6 Å². The van der Waals surface area contributed by atoms with Crippen LogP contribution in [0.3, 0.4) is 0 Å². The molecular formula is C43H60N10O13. The van der Waals surface area contributed by atoms with Gasteiger partial charge >= 0.3 is 23.9 Å². The third-order valence-electron chi connectivity index (χ3n) is 10.4. The lowest BCUT2D eigenvalue weighted by Gasteiger charge is -2.37.